The van der Waals surface area contributed by atoms with Gasteiger partial charge in [0.15, 0.2) is 5.82 Å². The molecular formula is C15H20N4O. The van der Waals surface area contributed by atoms with E-state index in [1.54, 1.807) is 0 Å². The molecule has 1 heterocycles. The van der Waals surface area contributed by atoms with Crippen molar-refractivity contribution in [3.8, 4) is 5.88 Å². The van der Waals surface area contributed by atoms with E-state index < -0.39 is 0 Å². The maximum atomic E-state index is 6.03. The molecule has 3 N–H and O–H groups in total. The molecule has 0 unspecified atom stereocenters. The Morgan fingerprint density at radius 3 is 2.70 bits per heavy atom. The van der Waals surface area contributed by atoms with Crippen LogP contribution in [0.3, 0.4) is 0 Å². The molecule has 1 aromatic heterocycles. The highest BCUT2D eigenvalue weighted by Gasteiger charge is 2.11. The van der Waals surface area contributed by atoms with Gasteiger partial charge in [0.05, 0.1) is 6.61 Å². The summed E-state index contributed by atoms with van der Waals surface area (Å²) in [6.07, 6.45) is 1.45. The van der Waals surface area contributed by atoms with Crippen LogP contribution in [0.15, 0.2) is 30.6 Å². The number of anilines is 3. The summed E-state index contributed by atoms with van der Waals surface area (Å²) in [6.45, 7) is 6.71. The van der Waals surface area contributed by atoms with E-state index >= 15 is 0 Å². The predicted octanol–water partition coefficient (Wildman–Crippen LogP) is 3.32. The SMILES string of the molecule is CCOc1ncnc(Nc2ccccc2C(C)C)c1N. The molecule has 0 aliphatic rings. The number of ether oxygens (including phenoxy) is 1. The normalized spacial score (nSPS) is 10.6. The van der Waals surface area contributed by atoms with Gasteiger partial charge in [-0.15, -0.1) is 0 Å². The number of para-hydroxylation sites is 1. The van der Waals surface area contributed by atoms with Crippen LogP contribution >= 0.6 is 0 Å². The summed E-state index contributed by atoms with van der Waals surface area (Å²) in [5, 5.41) is 3.26. The van der Waals surface area contributed by atoms with Crippen LogP contribution in [0.1, 0.15) is 32.3 Å². The third-order valence-corrected chi connectivity index (χ3v) is 2.96. The van der Waals surface area contributed by atoms with Crippen LogP contribution in [-0.4, -0.2) is 16.6 Å². The molecule has 0 radical (unpaired) electrons. The first kappa shape index (κ1) is 14.1. The lowest BCUT2D eigenvalue weighted by molar-refractivity contribution is 0.328. The largest absolute Gasteiger partial charge is 0.476 e. The van der Waals surface area contributed by atoms with Crippen molar-refractivity contribution in [3.05, 3.63) is 36.2 Å². The van der Waals surface area contributed by atoms with Gasteiger partial charge >= 0.3 is 0 Å². The summed E-state index contributed by atoms with van der Waals surface area (Å²) in [4.78, 5) is 8.22. The third kappa shape index (κ3) is 2.99. The monoisotopic (exact) mass is 272 g/mol. The predicted molar refractivity (Wildman–Crippen MR) is 81.4 cm³/mol. The van der Waals surface area contributed by atoms with Crippen molar-refractivity contribution in [3.63, 3.8) is 0 Å². The molecule has 2 rings (SSSR count). The maximum absolute atomic E-state index is 6.03. The molecule has 106 valence electrons. The van der Waals surface area contributed by atoms with Gasteiger partial charge in [-0.2, -0.15) is 4.98 Å². The van der Waals surface area contributed by atoms with E-state index in [1.807, 2.05) is 25.1 Å². The summed E-state index contributed by atoms with van der Waals surface area (Å²) >= 11 is 0. The van der Waals surface area contributed by atoms with Crippen LogP contribution in [0, 0.1) is 0 Å². The molecular weight excluding hydrogens is 252 g/mol. The molecule has 0 saturated carbocycles. The van der Waals surface area contributed by atoms with Gasteiger partial charge in [-0.3, -0.25) is 0 Å². The highest BCUT2D eigenvalue weighted by Crippen LogP contribution is 2.31. The van der Waals surface area contributed by atoms with Gasteiger partial charge in [-0.05, 0) is 24.5 Å². The van der Waals surface area contributed by atoms with Gasteiger partial charge in [-0.1, -0.05) is 32.0 Å². The third-order valence-electron chi connectivity index (χ3n) is 2.96. The van der Waals surface area contributed by atoms with Crippen LogP contribution in [-0.2, 0) is 0 Å². The highest BCUT2D eigenvalue weighted by molar-refractivity contribution is 5.73. The second-order valence-electron chi connectivity index (χ2n) is 4.74. The van der Waals surface area contributed by atoms with Crippen LogP contribution < -0.4 is 15.8 Å². The fraction of sp³-hybridized carbons (Fsp3) is 0.333. The molecule has 0 fully saturated rings. The summed E-state index contributed by atoms with van der Waals surface area (Å²) < 4.78 is 5.38. The number of hydrogen-bond donors (Lipinski definition) is 2. The molecule has 0 saturated heterocycles. The van der Waals surface area contributed by atoms with Crippen molar-refractivity contribution in [1.82, 2.24) is 9.97 Å². The number of aromatic nitrogens is 2. The quantitative estimate of drug-likeness (QED) is 0.873. The van der Waals surface area contributed by atoms with Crippen LogP contribution in [0.25, 0.3) is 0 Å². The van der Waals surface area contributed by atoms with Gasteiger partial charge in [0, 0.05) is 5.69 Å². The topological polar surface area (TPSA) is 73.1 Å². The van der Waals surface area contributed by atoms with E-state index in [1.165, 1.54) is 11.9 Å². The van der Waals surface area contributed by atoms with Crippen molar-refractivity contribution in [2.45, 2.75) is 26.7 Å². The highest BCUT2D eigenvalue weighted by atomic mass is 16.5. The molecule has 0 aliphatic heterocycles. The Morgan fingerprint density at radius 2 is 2.00 bits per heavy atom. The van der Waals surface area contributed by atoms with E-state index in [-0.39, 0.29) is 0 Å². The lowest BCUT2D eigenvalue weighted by Gasteiger charge is -2.15. The number of hydrogen-bond acceptors (Lipinski definition) is 5. The first-order valence-corrected chi connectivity index (χ1v) is 6.72. The minimum atomic E-state index is 0.409. The first-order chi connectivity index (χ1) is 9.63. The fourth-order valence-electron chi connectivity index (χ4n) is 1.97. The fourth-order valence-corrected chi connectivity index (χ4v) is 1.97. The number of nitrogens with zero attached hydrogens (tertiary/aromatic N) is 2. The standard InChI is InChI=1S/C15H20N4O/c1-4-20-15-13(16)14(17-9-18-15)19-12-8-6-5-7-11(12)10(2)3/h5-10H,4,16H2,1-3H3,(H,17,18,19). The number of nitrogens with one attached hydrogen (secondary N) is 1. The molecule has 5 nitrogen and oxygen atoms in total. The van der Waals surface area contributed by atoms with Gasteiger partial charge in [0.2, 0.25) is 5.88 Å². The Bertz CT molecular complexity index is 584. The molecule has 20 heavy (non-hydrogen) atoms. The second kappa shape index (κ2) is 6.23. The zero-order valence-corrected chi connectivity index (χ0v) is 12.1. The first-order valence-electron chi connectivity index (χ1n) is 6.72. The molecule has 0 spiro atoms. The van der Waals surface area contributed by atoms with Crippen LogP contribution in [0.5, 0.6) is 5.88 Å². The zero-order valence-electron chi connectivity index (χ0n) is 12.1. The Morgan fingerprint density at radius 1 is 1.25 bits per heavy atom. The summed E-state index contributed by atoms with van der Waals surface area (Å²) in [5.41, 5.74) is 8.66. The molecule has 0 atom stereocenters. The van der Waals surface area contributed by atoms with Crippen LogP contribution in [0.2, 0.25) is 0 Å². The van der Waals surface area contributed by atoms with Crippen molar-refractivity contribution >= 4 is 17.2 Å². The summed E-state index contributed by atoms with van der Waals surface area (Å²) in [5.74, 6) is 1.39. The molecule has 5 heteroatoms. The summed E-state index contributed by atoms with van der Waals surface area (Å²) in [6, 6.07) is 8.11. The van der Waals surface area contributed by atoms with Gasteiger partial charge in [0.1, 0.15) is 12.0 Å². The minimum Gasteiger partial charge on any atom is -0.476 e. The van der Waals surface area contributed by atoms with E-state index in [4.69, 9.17) is 10.5 Å². The van der Waals surface area contributed by atoms with Crippen molar-refractivity contribution in [2.75, 3.05) is 17.7 Å². The molecule has 0 aliphatic carbocycles. The van der Waals surface area contributed by atoms with E-state index in [2.05, 4.69) is 35.2 Å². The maximum Gasteiger partial charge on any atom is 0.242 e. The van der Waals surface area contributed by atoms with Crippen LogP contribution in [0.4, 0.5) is 17.2 Å². The second-order valence-corrected chi connectivity index (χ2v) is 4.74. The van der Waals surface area contributed by atoms with Crippen molar-refractivity contribution < 1.29 is 4.74 Å². The zero-order chi connectivity index (χ0) is 14.5. The molecule has 2 aromatic rings. The lowest BCUT2D eigenvalue weighted by atomic mass is 10.0. The molecule has 0 bridgehead atoms. The van der Waals surface area contributed by atoms with E-state index in [9.17, 15) is 0 Å². The Labute approximate surface area is 119 Å². The average molecular weight is 272 g/mol. The Hall–Kier alpha value is -2.30. The van der Waals surface area contributed by atoms with Gasteiger partial charge in [0.25, 0.3) is 0 Å². The van der Waals surface area contributed by atoms with E-state index in [0.29, 0.717) is 29.9 Å². The van der Waals surface area contributed by atoms with Gasteiger partial charge in [-0.25, -0.2) is 4.98 Å². The van der Waals surface area contributed by atoms with Gasteiger partial charge < -0.3 is 15.8 Å². The molecule has 0 amide bonds. The summed E-state index contributed by atoms with van der Waals surface area (Å²) in [7, 11) is 0. The number of nitrogens with two attached hydrogens (primary N) is 1. The smallest absolute Gasteiger partial charge is 0.242 e. The molecule has 1 aromatic carbocycles. The number of benzene rings is 1. The van der Waals surface area contributed by atoms with E-state index in [0.717, 1.165) is 5.69 Å². The number of nitrogen functional groups attached to an aromatic ring is 1. The Balaban J connectivity index is 2.33. The number of rotatable bonds is 5. The Kier molecular flexibility index (Phi) is 4.40. The minimum absolute atomic E-state index is 0.409. The lowest BCUT2D eigenvalue weighted by Crippen LogP contribution is -2.06. The van der Waals surface area contributed by atoms with Crippen molar-refractivity contribution in [2.24, 2.45) is 0 Å². The van der Waals surface area contributed by atoms with Crippen molar-refractivity contribution in [1.29, 1.82) is 0 Å². The average Bonchev–Trinajstić information content (AvgIpc) is 2.44.